The highest BCUT2D eigenvalue weighted by atomic mass is 79.9. The maximum atomic E-state index is 12.7. The first-order valence-corrected chi connectivity index (χ1v) is 5.36. The number of nitrogens with two attached hydrogens (primary N) is 1. The first kappa shape index (κ1) is 12.0. The third-order valence-electron chi connectivity index (χ3n) is 2.21. The lowest BCUT2D eigenvalue weighted by Crippen LogP contribution is -2.07. The van der Waals surface area contributed by atoms with Crippen LogP contribution in [0.3, 0.4) is 0 Å². The average molecular weight is 306 g/mol. The molecule has 1 aromatic heterocycles. The fourth-order valence-corrected chi connectivity index (χ4v) is 1.73. The molecule has 0 radical (unpaired) electrons. The van der Waals surface area contributed by atoms with Crippen molar-refractivity contribution in [3.05, 3.63) is 34.4 Å². The van der Waals surface area contributed by atoms with Gasteiger partial charge in [-0.05, 0) is 17.7 Å². The first-order valence-electron chi connectivity index (χ1n) is 4.56. The van der Waals surface area contributed by atoms with Gasteiger partial charge in [0.25, 0.3) is 0 Å². The number of aromatic amines is 1. The van der Waals surface area contributed by atoms with E-state index in [-0.39, 0.29) is 11.4 Å². The van der Waals surface area contributed by atoms with E-state index in [1.54, 1.807) is 24.3 Å². The van der Waals surface area contributed by atoms with Gasteiger partial charge in [0.15, 0.2) is 5.82 Å². The molecular weight excluding hydrogens is 299 g/mol. The number of halogens is 4. The monoisotopic (exact) mass is 305 g/mol. The number of alkyl halides is 3. The summed E-state index contributed by atoms with van der Waals surface area (Å²) in [6.07, 6.45) is -4.51. The van der Waals surface area contributed by atoms with Crippen LogP contribution in [0.15, 0.2) is 28.7 Å². The van der Waals surface area contributed by atoms with Crippen LogP contribution in [-0.2, 0) is 6.18 Å². The Hall–Kier alpha value is -1.50. The molecule has 0 spiro atoms. The maximum Gasteiger partial charge on any atom is 0.433 e. The second kappa shape index (κ2) is 4.06. The van der Waals surface area contributed by atoms with E-state index < -0.39 is 11.9 Å². The van der Waals surface area contributed by atoms with Gasteiger partial charge in [-0.15, -0.1) is 0 Å². The smallest absolute Gasteiger partial charge is 0.382 e. The average Bonchev–Trinajstić information content (AvgIpc) is 2.61. The molecule has 0 fully saturated rings. The Bertz CT molecular complexity index is 531. The molecule has 0 aliphatic heterocycles. The molecule has 0 aliphatic carbocycles. The van der Waals surface area contributed by atoms with Gasteiger partial charge in [0, 0.05) is 4.47 Å². The standard InChI is InChI=1S/C10H7BrF3N3/c11-6-3-1-5(2-4-6)7-8(10(12,13)14)16-17-9(7)15/h1-4H,(H3,15,16,17). The number of rotatable bonds is 1. The molecule has 1 heterocycles. The summed E-state index contributed by atoms with van der Waals surface area (Å²) in [6.45, 7) is 0. The molecule has 3 nitrogen and oxygen atoms in total. The van der Waals surface area contributed by atoms with E-state index in [9.17, 15) is 13.2 Å². The van der Waals surface area contributed by atoms with Crippen molar-refractivity contribution in [1.82, 2.24) is 10.2 Å². The number of nitrogens with one attached hydrogen (secondary N) is 1. The minimum atomic E-state index is -4.51. The lowest BCUT2D eigenvalue weighted by atomic mass is 10.1. The Morgan fingerprint density at radius 1 is 1.18 bits per heavy atom. The second-order valence-electron chi connectivity index (χ2n) is 3.36. The van der Waals surface area contributed by atoms with Gasteiger partial charge in [0.1, 0.15) is 5.69 Å². The van der Waals surface area contributed by atoms with Crippen molar-refractivity contribution < 1.29 is 13.2 Å². The predicted molar refractivity (Wildman–Crippen MR) is 61.1 cm³/mol. The number of benzene rings is 1. The fraction of sp³-hybridized carbons (Fsp3) is 0.100. The van der Waals surface area contributed by atoms with E-state index in [0.717, 1.165) is 4.47 Å². The lowest BCUT2D eigenvalue weighted by molar-refractivity contribution is -0.140. The molecule has 0 saturated heterocycles. The minimum Gasteiger partial charge on any atom is -0.382 e. The molecule has 90 valence electrons. The summed E-state index contributed by atoms with van der Waals surface area (Å²) in [6, 6.07) is 6.37. The molecule has 0 amide bonds. The van der Waals surface area contributed by atoms with Crippen molar-refractivity contribution in [2.75, 3.05) is 5.73 Å². The van der Waals surface area contributed by atoms with Crippen molar-refractivity contribution in [3.63, 3.8) is 0 Å². The van der Waals surface area contributed by atoms with E-state index in [2.05, 4.69) is 21.0 Å². The SMILES string of the molecule is Nc1n[nH]c(C(F)(F)F)c1-c1ccc(Br)cc1. The zero-order valence-electron chi connectivity index (χ0n) is 8.35. The molecule has 0 aliphatic rings. The maximum absolute atomic E-state index is 12.7. The predicted octanol–water partition coefficient (Wildman–Crippen LogP) is 3.44. The van der Waals surface area contributed by atoms with Crippen LogP contribution in [0.2, 0.25) is 0 Å². The Kier molecular flexibility index (Phi) is 2.86. The van der Waals surface area contributed by atoms with Crippen LogP contribution < -0.4 is 5.73 Å². The molecule has 0 bridgehead atoms. The highest BCUT2D eigenvalue weighted by Gasteiger charge is 2.37. The topological polar surface area (TPSA) is 54.7 Å². The zero-order chi connectivity index (χ0) is 12.6. The third kappa shape index (κ3) is 2.28. The summed E-state index contributed by atoms with van der Waals surface area (Å²) in [5, 5.41) is 5.32. The largest absolute Gasteiger partial charge is 0.433 e. The Morgan fingerprint density at radius 3 is 2.29 bits per heavy atom. The van der Waals surface area contributed by atoms with Crippen LogP contribution in [0.4, 0.5) is 19.0 Å². The van der Waals surface area contributed by atoms with Crippen molar-refractivity contribution in [2.24, 2.45) is 0 Å². The van der Waals surface area contributed by atoms with Gasteiger partial charge in [-0.3, -0.25) is 5.10 Å². The van der Waals surface area contributed by atoms with Crippen molar-refractivity contribution >= 4 is 21.7 Å². The quantitative estimate of drug-likeness (QED) is 0.848. The van der Waals surface area contributed by atoms with Gasteiger partial charge < -0.3 is 5.73 Å². The fourth-order valence-electron chi connectivity index (χ4n) is 1.47. The van der Waals surface area contributed by atoms with E-state index in [1.807, 2.05) is 5.10 Å². The zero-order valence-corrected chi connectivity index (χ0v) is 9.93. The summed E-state index contributed by atoms with van der Waals surface area (Å²) in [5.41, 5.74) is 4.77. The Morgan fingerprint density at radius 2 is 1.76 bits per heavy atom. The van der Waals surface area contributed by atoms with Gasteiger partial charge in [-0.2, -0.15) is 18.3 Å². The van der Waals surface area contributed by atoms with Gasteiger partial charge in [0.2, 0.25) is 0 Å². The lowest BCUT2D eigenvalue weighted by Gasteiger charge is -2.07. The van der Waals surface area contributed by atoms with Gasteiger partial charge in [0.05, 0.1) is 5.56 Å². The molecule has 0 unspecified atom stereocenters. The summed E-state index contributed by atoms with van der Waals surface area (Å²) in [4.78, 5) is 0. The van der Waals surface area contributed by atoms with Crippen LogP contribution in [0.1, 0.15) is 5.69 Å². The highest BCUT2D eigenvalue weighted by Crippen LogP contribution is 2.38. The molecule has 0 saturated carbocycles. The molecule has 1 aromatic carbocycles. The molecule has 3 N–H and O–H groups in total. The minimum absolute atomic E-state index is 0.120. The van der Waals surface area contributed by atoms with Crippen LogP contribution in [0.5, 0.6) is 0 Å². The molecule has 7 heteroatoms. The van der Waals surface area contributed by atoms with Crippen LogP contribution in [-0.4, -0.2) is 10.2 Å². The van der Waals surface area contributed by atoms with Gasteiger partial charge >= 0.3 is 6.18 Å². The van der Waals surface area contributed by atoms with E-state index in [0.29, 0.717) is 5.56 Å². The highest BCUT2D eigenvalue weighted by molar-refractivity contribution is 9.10. The number of nitrogens with zero attached hydrogens (tertiary/aromatic N) is 1. The molecule has 0 atom stereocenters. The molecule has 2 aromatic rings. The molecular formula is C10H7BrF3N3. The van der Waals surface area contributed by atoms with Crippen LogP contribution >= 0.6 is 15.9 Å². The number of hydrogen-bond acceptors (Lipinski definition) is 2. The summed E-state index contributed by atoms with van der Waals surface area (Å²) >= 11 is 3.21. The number of H-pyrrole nitrogens is 1. The van der Waals surface area contributed by atoms with Crippen molar-refractivity contribution in [2.45, 2.75) is 6.18 Å². The van der Waals surface area contributed by atoms with Crippen molar-refractivity contribution in [3.8, 4) is 11.1 Å². The van der Waals surface area contributed by atoms with Gasteiger partial charge in [-0.25, -0.2) is 0 Å². The number of nitrogen functional groups attached to an aromatic ring is 1. The first-order chi connectivity index (χ1) is 7.89. The normalized spacial score (nSPS) is 11.8. The Labute approximate surface area is 103 Å². The Balaban J connectivity index is 2.59. The summed E-state index contributed by atoms with van der Waals surface area (Å²) < 4.78 is 38.8. The van der Waals surface area contributed by atoms with E-state index >= 15 is 0 Å². The van der Waals surface area contributed by atoms with Gasteiger partial charge in [-0.1, -0.05) is 28.1 Å². The van der Waals surface area contributed by atoms with E-state index in [1.165, 1.54) is 0 Å². The van der Waals surface area contributed by atoms with Crippen LogP contribution in [0.25, 0.3) is 11.1 Å². The molecule has 17 heavy (non-hydrogen) atoms. The number of hydrogen-bond donors (Lipinski definition) is 2. The number of anilines is 1. The second-order valence-corrected chi connectivity index (χ2v) is 4.28. The third-order valence-corrected chi connectivity index (χ3v) is 2.74. The molecule has 2 rings (SSSR count). The summed E-state index contributed by atoms with van der Waals surface area (Å²) in [7, 11) is 0. The summed E-state index contributed by atoms with van der Waals surface area (Å²) in [5.74, 6) is -0.167. The van der Waals surface area contributed by atoms with Crippen molar-refractivity contribution in [1.29, 1.82) is 0 Å². The number of aromatic nitrogens is 2. The van der Waals surface area contributed by atoms with E-state index in [4.69, 9.17) is 5.73 Å². The van der Waals surface area contributed by atoms with Crippen LogP contribution in [0, 0.1) is 0 Å².